The molecule has 0 atom stereocenters. The molecular formula is C24H19Br2N3O. The van der Waals surface area contributed by atoms with E-state index in [0.29, 0.717) is 6.54 Å². The maximum atomic E-state index is 5.72. The fourth-order valence-electron chi connectivity index (χ4n) is 3.73. The Bertz CT molecular complexity index is 1380. The van der Waals surface area contributed by atoms with Gasteiger partial charge in [-0.25, -0.2) is 9.97 Å². The fourth-order valence-corrected chi connectivity index (χ4v) is 5.17. The second kappa shape index (κ2) is 8.00. The molecule has 0 unspecified atom stereocenters. The standard InChI is InChI=1S/C24H19Br2N3O/c1-2-11-30-17-9-7-15(8-10-17)14-29-23-18(12-16(25)13-19(23)26)22-24(29)28-21-6-4-3-5-20(21)27-22/h3-10,12-13H,2,11,14H2,1H3. The molecule has 150 valence electrons. The summed E-state index contributed by atoms with van der Waals surface area (Å²) in [7, 11) is 0. The van der Waals surface area contributed by atoms with Gasteiger partial charge in [-0.1, -0.05) is 47.1 Å². The normalized spacial score (nSPS) is 11.6. The largest absolute Gasteiger partial charge is 0.494 e. The molecule has 2 heterocycles. The predicted molar refractivity (Wildman–Crippen MR) is 129 cm³/mol. The number of ether oxygens (including phenoxy) is 1. The van der Waals surface area contributed by atoms with Gasteiger partial charge in [0.15, 0.2) is 5.65 Å². The Kier molecular flexibility index (Phi) is 5.21. The Morgan fingerprint density at radius 1 is 0.933 bits per heavy atom. The molecule has 0 saturated carbocycles. The maximum absolute atomic E-state index is 5.72. The van der Waals surface area contributed by atoms with E-state index in [9.17, 15) is 0 Å². The summed E-state index contributed by atoms with van der Waals surface area (Å²) < 4.78 is 9.98. The van der Waals surface area contributed by atoms with Gasteiger partial charge in [0, 0.05) is 20.9 Å². The van der Waals surface area contributed by atoms with Crippen LogP contribution in [0.5, 0.6) is 5.75 Å². The first kappa shape index (κ1) is 19.5. The maximum Gasteiger partial charge on any atom is 0.160 e. The van der Waals surface area contributed by atoms with Gasteiger partial charge in [-0.05, 0) is 64.3 Å². The number of hydrogen-bond donors (Lipinski definition) is 0. The Hall–Kier alpha value is -2.44. The van der Waals surface area contributed by atoms with Crippen LogP contribution < -0.4 is 4.74 Å². The number of nitrogens with zero attached hydrogens (tertiary/aromatic N) is 3. The molecule has 0 fully saturated rings. The Balaban J connectivity index is 1.70. The van der Waals surface area contributed by atoms with Crippen molar-refractivity contribution in [2.45, 2.75) is 19.9 Å². The summed E-state index contributed by atoms with van der Waals surface area (Å²) in [6, 6.07) is 20.5. The number of benzene rings is 3. The minimum absolute atomic E-state index is 0.696. The lowest BCUT2D eigenvalue weighted by atomic mass is 10.2. The van der Waals surface area contributed by atoms with E-state index in [1.807, 2.05) is 36.4 Å². The monoisotopic (exact) mass is 523 g/mol. The lowest BCUT2D eigenvalue weighted by molar-refractivity contribution is 0.317. The second-order valence-electron chi connectivity index (χ2n) is 7.25. The Morgan fingerprint density at radius 2 is 1.67 bits per heavy atom. The van der Waals surface area contributed by atoms with Crippen molar-refractivity contribution in [2.75, 3.05) is 6.61 Å². The van der Waals surface area contributed by atoms with E-state index in [1.54, 1.807) is 0 Å². The topological polar surface area (TPSA) is 39.9 Å². The molecule has 2 aromatic heterocycles. The lowest BCUT2D eigenvalue weighted by Gasteiger charge is -2.10. The first-order valence-corrected chi connectivity index (χ1v) is 11.5. The smallest absolute Gasteiger partial charge is 0.160 e. The van der Waals surface area contributed by atoms with E-state index in [4.69, 9.17) is 14.7 Å². The van der Waals surface area contributed by atoms with E-state index in [-0.39, 0.29) is 0 Å². The molecule has 0 radical (unpaired) electrons. The van der Waals surface area contributed by atoms with Crippen LogP contribution in [-0.2, 0) is 6.54 Å². The molecule has 0 amide bonds. The fraction of sp³-hybridized carbons (Fsp3) is 0.167. The van der Waals surface area contributed by atoms with Crippen LogP contribution in [0.4, 0.5) is 0 Å². The van der Waals surface area contributed by atoms with Crippen molar-refractivity contribution in [1.82, 2.24) is 14.5 Å². The Labute approximate surface area is 191 Å². The lowest BCUT2D eigenvalue weighted by Crippen LogP contribution is -2.02. The van der Waals surface area contributed by atoms with E-state index in [0.717, 1.165) is 60.8 Å². The molecule has 0 spiro atoms. The van der Waals surface area contributed by atoms with Gasteiger partial charge in [-0.3, -0.25) is 0 Å². The van der Waals surface area contributed by atoms with E-state index < -0.39 is 0 Å². The molecule has 0 aliphatic carbocycles. The third kappa shape index (κ3) is 3.48. The first-order valence-electron chi connectivity index (χ1n) is 9.89. The molecule has 5 rings (SSSR count). The summed E-state index contributed by atoms with van der Waals surface area (Å²) in [5.74, 6) is 0.902. The molecule has 30 heavy (non-hydrogen) atoms. The number of rotatable bonds is 5. The molecule has 0 N–H and O–H groups in total. The molecule has 0 aliphatic rings. The van der Waals surface area contributed by atoms with Crippen molar-refractivity contribution in [2.24, 2.45) is 0 Å². The quantitative estimate of drug-likeness (QED) is 0.246. The van der Waals surface area contributed by atoms with Crippen LogP contribution in [0, 0.1) is 0 Å². The summed E-state index contributed by atoms with van der Waals surface area (Å²) in [6.45, 7) is 3.54. The SMILES string of the molecule is CCCOc1ccc(Cn2c3nc4ccccc4nc3c3cc(Br)cc(Br)c32)cc1. The molecule has 5 aromatic rings. The molecular weight excluding hydrogens is 506 g/mol. The van der Waals surface area contributed by atoms with Crippen LogP contribution in [0.25, 0.3) is 33.1 Å². The van der Waals surface area contributed by atoms with Gasteiger partial charge in [0.2, 0.25) is 0 Å². The van der Waals surface area contributed by atoms with Crippen molar-refractivity contribution in [3.8, 4) is 5.75 Å². The zero-order valence-corrected chi connectivity index (χ0v) is 19.6. The van der Waals surface area contributed by atoms with Crippen molar-refractivity contribution in [3.63, 3.8) is 0 Å². The van der Waals surface area contributed by atoms with Gasteiger partial charge in [0.25, 0.3) is 0 Å². The molecule has 0 bridgehead atoms. The van der Waals surface area contributed by atoms with E-state index in [1.165, 1.54) is 5.56 Å². The minimum Gasteiger partial charge on any atom is -0.494 e. The average Bonchev–Trinajstić information content (AvgIpc) is 3.04. The number of aromatic nitrogens is 3. The van der Waals surface area contributed by atoms with E-state index in [2.05, 4.69) is 67.6 Å². The number of hydrogen-bond acceptors (Lipinski definition) is 3. The molecule has 0 saturated heterocycles. The average molecular weight is 525 g/mol. The van der Waals surface area contributed by atoms with Crippen LogP contribution in [0.1, 0.15) is 18.9 Å². The Morgan fingerprint density at radius 3 is 2.40 bits per heavy atom. The van der Waals surface area contributed by atoms with Gasteiger partial charge >= 0.3 is 0 Å². The minimum atomic E-state index is 0.696. The van der Waals surface area contributed by atoms with Crippen molar-refractivity contribution in [3.05, 3.63) is 75.2 Å². The summed E-state index contributed by atoms with van der Waals surface area (Å²) in [5.41, 5.74) is 5.87. The zero-order chi connectivity index (χ0) is 20.7. The van der Waals surface area contributed by atoms with Crippen molar-refractivity contribution >= 4 is 65.0 Å². The van der Waals surface area contributed by atoms with Gasteiger partial charge in [0.1, 0.15) is 11.3 Å². The highest BCUT2D eigenvalue weighted by Gasteiger charge is 2.18. The highest BCUT2D eigenvalue weighted by molar-refractivity contribution is 9.11. The highest BCUT2D eigenvalue weighted by Crippen LogP contribution is 2.36. The van der Waals surface area contributed by atoms with Gasteiger partial charge in [-0.15, -0.1) is 0 Å². The second-order valence-corrected chi connectivity index (χ2v) is 9.02. The van der Waals surface area contributed by atoms with Gasteiger partial charge < -0.3 is 9.30 Å². The van der Waals surface area contributed by atoms with Crippen molar-refractivity contribution < 1.29 is 4.74 Å². The predicted octanol–water partition coefficient (Wildman–Crippen LogP) is 7.10. The van der Waals surface area contributed by atoms with Crippen LogP contribution >= 0.6 is 31.9 Å². The third-order valence-corrected chi connectivity index (χ3v) is 6.16. The summed E-state index contributed by atoms with van der Waals surface area (Å²) >= 11 is 7.38. The first-order chi connectivity index (χ1) is 14.6. The summed E-state index contributed by atoms with van der Waals surface area (Å²) in [5, 5.41) is 1.08. The van der Waals surface area contributed by atoms with Crippen LogP contribution in [0.3, 0.4) is 0 Å². The number of halogens is 2. The van der Waals surface area contributed by atoms with Crippen LogP contribution in [0.15, 0.2) is 69.6 Å². The highest BCUT2D eigenvalue weighted by atomic mass is 79.9. The zero-order valence-electron chi connectivity index (χ0n) is 16.4. The van der Waals surface area contributed by atoms with Gasteiger partial charge in [0.05, 0.1) is 23.2 Å². The van der Waals surface area contributed by atoms with Crippen LogP contribution in [0.2, 0.25) is 0 Å². The van der Waals surface area contributed by atoms with Crippen molar-refractivity contribution in [1.29, 1.82) is 0 Å². The third-order valence-electron chi connectivity index (χ3n) is 5.10. The number of fused-ring (bicyclic) bond motifs is 4. The number of para-hydroxylation sites is 2. The van der Waals surface area contributed by atoms with E-state index >= 15 is 0 Å². The van der Waals surface area contributed by atoms with Gasteiger partial charge in [-0.2, -0.15) is 0 Å². The molecule has 4 nitrogen and oxygen atoms in total. The molecule has 6 heteroatoms. The summed E-state index contributed by atoms with van der Waals surface area (Å²) in [4.78, 5) is 9.93. The molecule has 0 aliphatic heterocycles. The molecule has 3 aromatic carbocycles. The summed E-state index contributed by atoms with van der Waals surface area (Å²) in [6.07, 6.45) is 0.999. The van der Waals surface area contributed by atoms with Crippen LogP contribution in [-0.4, -0.2) is 21.1 Å².